The molecule has 3 heterocycles. The average Bonchev–Trinajstić information content (AvgIpc) is 2.74. The highest BCUT2D eigenvalue weighted by atomic mass is 79.9. The second-order valence-corrected chi connectivity index (χ2v) is 6.47. The number of rotatable bonds is 2. The molecule has 0 aliphatic carbocycles. The zero-order chi connectivity index (χ0) is 12.5. The standard InChI is InChI=1S/C11H11BrN4OS/c12-8-1-2-9(18-8)15-10-6-5-13-4-3-7(6)14-11(17)16-10/h1-2,13H,3-5H2,(H2,14,15,16,17). The molecule has 0 bridgehead atoms. The van der Waals surface area contributed by atoms with Gasteiger partial charge in [0.15, 0.2) is 0 Å². The van der Waals surface area contributed by atoms with Gasteiger partial charge in [0.1, 0.15) is 5.82 Å². The zero-order valence-electron chi connectivity index (χ0n) is 9.42. The van der Waals surface area contributed by atoms with Crippen LogP contribution in [0.5, 0.6) is 0 Å². The number of H-pyrrole nitrogens is 1. The summed E-state index contributed by atoms with van der Waals surface area (Å²) in [6.45, 7) is 1.62. The van der Waals surface area contributed by atoms with Crippen LogP contribution in [-0.4, -0.2) is 16.5 Å². The van der Waals surface area contributed by atoms with E-state index in [0.717, 1.165) is 39.6 Å². The molecule has 18 heavy (non-hydrogen) atoms. The van der Waals surface area contributed by atoms with Gasteiger partial charge in [0.05, 0.1) is 8.79 Å². The summed E-state index contributed by atoms with van der Waals surface area (Å²) in [5.41, 5.74) is 1.73. The molecule has 2 aromatic heterocycles. The van der Waals surface area contributed by atoms with Gasteiger partial charge < -0.3 is 15.6 Å². The number of aromatic nitrogens is 2. The normalized spacial score (nSPS) is 14.3. The first kappa shape index (κ1) is 11.9. The Kier molecular flexibility index (Phi) is 3.19. The van der Waals surface area contributed by atoms with Crippen LogP contribution < -0.4 is 16.3 Å². The number of anilines is 2. The summed E-state index contributed by atoms with van der Waals surface area (Å²) in [7, 11) is 0. The Morgan fingerprint density at radius 3 is 3.11 bits per heavy atom. The summed E-state index contributed by atoms with van der Waals surface area (Å²) in [6, 6.07) is 3.92. The lowest BCUT2D eigenvalue weighted by atomic mass is 10.1. The lowest BCUT2D eigenvalue weighted by Crippen LogP contribution is -2.29. The molecule has 2 aromatic rings. The summed E-state index contributed by atoms with van der Waals surface area (Å²) in [4.78, 5) is 18.4. The molecule has 0 fully saturated rings. The van der Waals surface area contributed by atoms with E-state index in [1.54, 1.807) is 11.3 Å². The van der Waals surface area contributed by atoms with Crippen molar-refractivity contribution in [2.24, 2.45) is 0 Å². The highest BCUT2D eigenvalue weighted by molar-refractivity contribution is 9.11. The van der Waals surface area contributed by atoms with Gasteiger partial charge in [-0.15, -0.1) is 11.3 Å². The van der Waals surface area contributed by atoms with Crippen LogP contribution in [0.2, 0.25) is 0 Å². The first-order chi connectivity index (χ1) is 8.72. The molecule has 0 radical (unpaired) electrons. The minimum atomic E-state index is -0.297. The Bertz CT molecular complexity index is 636. The molecule has 3 rings (SSSR count). The van der Waals surface area contributed by atoms with Crippen molar-refractivity contribution in [1.29, 1.82) is 0 Å². The second kappa shape index (κ2) is 4.83. The number of halogens is 1. The van der Waals surface area contributed by atoms with Gasteiger partial charge in [0, 0.05) is 30.8 Å². The Labute approximate surface area is 116 Å². The van der Waals surface area contributed by atoms with Crippen LogP contribution in [0.3, 0.4) is 0 Å². The van der Waals surface area contributed by atoms with Gasteiger partial charge in [-0.05, 0) is 28.1 Å². The van der Waals surface area contributed by atoms with E-state index in [0.29, 0.717) is 5.82 Å². The summed E-state index contributed by atoms with van der Waals surface area (Å²) >= 11 is 4.98. The molecule has 0 saturated carbocycles. The number of thiophene rings is 1. The highest BCUT2D eigenvalue weighted by Gasteiger charge is 2.16. The van der Waals surface area contributed by atoms with Crippen molar-refractivity contribution in [3.63, 3.8) is 0 Å². The van der Waals surface area contributed by atoms with Crippen LogP contribution in [0, 0.1) is 0 Å². The van der Waals surface area contributed by atoms with E-state index in [9.17, 15) is 4.79 Å². The molecule has 0 amide bonds. The fraction of sp³-hybridized carbons (Fsp3) is 0.273. The van der Waals surface area contributed by atoms with Gasteiger partial charge in [0.2, 0.25) is 0 Å². The molecular formula is C11H11BrN4OS. The Morgan fingerprint density at radius 1 is 1.44 bits per heavy atom. The second-order valence-electron chi connectivity index (χ2n) is 4.00. The van der Waals surface area contributed by atoms with Crippen LogP contribution in [0.1, 0.15) is 11.3 Å². The van der Waals surface area contributed by atoms with E-state index in [4.69, 9.17) is 0 Å². The third-order valence-corrected chi connectivity index (χ3v) is 4.33. The van der Waals surface area contributed by atoms with Crippen LogP contribution in [0.15, 0.2) is 20.7 Å². The maximum Gasteiger partial charge on any atom is 0.347 e. The largest absolute Gasteiger partial charge is 0.347 e. The number of nitrogens with one attached hydrogen (secondary N) is 3. The molecule has 0 saturated heterocycles. The van der Waals surface area contributed by atoms with E-state index >= 15 is 0 Å². The lowest BCUT2D eigenvalue weighted by molar-refractivity contribution is 0.624. The minimum Gasteiger partial charge on any atom is -0.331 e. The van der Waals surface area contributed by atoms with E-state index < -0.39 is 0 Å². The first-order valence-corrected chi connectivity index (χ1v) is 7.18. The molecule has 0 aromatic carbocycles. The van der Waals surface area contributed by atoms with Crippen molar-refractivity contribution in [1.82, 2.24) is 15.3 Å². The quantitative estimate of drug-likeness (QED) is 0.789. The first-order valence-electron chi connectivity index (χ1n) is 5.57. The van der Waals surface area contributed by atoms with Crippen molar-refractivity contribution < 1.29 is 0 Å². The number of hydrogen-bond acceptors (Lipinski definition) is 5. The van der Waals surface area contributed by atoms with Crippen LogP contribution in [-0.2, 0) is 13.0 Å². The van der Waals surface area contributed by atoms with Crippen molar-refractivity contribution in [3.05, 3.63) is 37.7 Å². The smallest absolute Gasteiger partial charge is 0.331 e. The van der Waals surface area contributed by atoms with E-state index in [1.807, 2.05) is 12.1 Å². The SMILES string of the molecule is O=c1nc(Nc2ccc(Br)s2)c2c([nH]1)CCNC2. The fourth-order valence-corrected chi connectivity index (χ4v) is 3.26. The molecular weight excluding hydrogens is 316 g/mol. The molecule has 0 spiro atoms. The molecule has 94 valence electrons. The molecule has 7 heteroatoms. The maximum absolute atomic E-state index is 11.5. The van der Waals surface area contributed by atoms with E-state index in [2.05, 4.69) is 36.5 Å². The Hall–Kier alpha value is -1.18. The lowest BCUT2D eigenvalue weighted by Gasteiger charge is -2.19. The van der Waals surface area contributed by atoms with Gasteiger partial charge in [-0.1, -0.05) is 0 Å². The number of fused-ring (bicyclic) bond motifs is 1. The highest BCUT2D eigenvalue weighted by Crippen LogP contribution is 2.30. The monoisotopic (exact) mass is 326 g/mol. The Morgan fingerprint density at radius 2 is 2.33 bits per heavy atom. The van der Waals surface area contributed by atoms with Crippen molar-refractivity contribution >= 4 is 38.1 Å². The summed E-state index contributed by atoms with van der Waals surface area (Å²) in [5.74, 6) is 0.648. The summed E-state index contributed by atoms with van der Waals surface area (Å²) < 4.78 is 1.04. The van der Waals surface area contributed by atoms with Crippen LogP contribution in [0.25, 0.3) is 0 Å². The van der Waals surface area contributed by atoms with Gasteiger partial charge in [-0.3, -0.25) is 0 Å². The number of aromatic amines is 1. The molecule has 1 aliphatic rings. The zero-order valence-corrected chi connectivity index (χ0v) is 11.8. The fourth-order valence-electron chi connectivity index (χ4n) is 1.98. The van der Waals surface area contributed by atoms with Crippen molar-refractivity contribution in [2.45, 2.75) is 13.0 Å². The number of hydrogen-bond donors (Lipinski definition) is 3. The summed E-state index contributed by atoms with van der Waals surface area (Å²) in [5, 5.41) is 7.46. The molecule has 1 aliphatic heterocycles. The molecule has 5 nitrogen and oxygen atoms in total. The molecule has 3 N–H and O–H groups in total. The Balaban J connectivity index is 2.00. The van der Waals surface area contributed by atoms with Crippen LogP contribution >= 0.6 is 27.3 Å². The maximum atomic E-state index is 11.5. The minimum absolute atomic E-state index is 0.297. The van der Waals surface area contributed by atoms with Gasteiger partial charge >= 0.3 is 5.69 Å². The summed E-state index contributed by atoms with van der Waals surface area (Å²) in [6.07, 6.45) is 0.829. The van der Waals surface area contributed by atoms with Gasteiger partial charge in [0.25, 0.3) is 0 Å². The van der Waals surface area contributed by atoms with Crippen molar-refractivity contribution in [2.75, 3.05) is 11.9 Å². The van der Waals surface area contributed by atoms with Crippen LogP contribution in [0.4, 0.5) is 10.8 Å². The van der Waals surface area contributed by atoms with E-state index in [-0.39, 0.29) is 5.69 Å². The third kappa shape index (κ3) is 2.33. The molecule has 0 atom stereocenters. The van der Waals surface area contributed by atoms with E-state index in [1.165, 1.54) is 0 Å². The number of nitrogens with zero attached hydrogens (tertiary/aromatic N) is 1. The van der Waals surface area contributed by atoms with Crippen molar-refractivity contribution in [3.8, 4) is 0 Å². The molecule has 0 unspecified atom stereocenters. The third-order valence-electron chi connectivity index (χ3n) is 2.79. The predicted octanol–water partition coefficient (Wildman–Crippen LogP) is 1.98. The van der Waals surface area contributed by atoms with Gasteiger partial charge in [-0.2, -0.15) is 4.98 Å². The predicted molar refractivity (Wildman–Crippen MR) is 75.6 cm³/mol. The topological polar surface area (TPSA) is 69.8 Å². The van der Waals surface area contributed by atoms with Gasteiger partial charge in [-0.25, -0.2) is 4.79 Å². The average molecular weight is 327 g/mol.